The van der Waals surface area contributed by atoms with Crippen LogP contribution in [0.4, 0.5) is 5.69 Å². The van der Waals surface area contributed by atoms with Gasteiger partial charge in [-0.25, -0.2) is 10.4 Å². The van der Waals surface area contributed by atoms with E-state index >= 15 is 0 Å². The van der Waals surface area contributed by atoms with Gasteiger partial charge in [0.2, 0.25) is 0 Å². The maximum absolute atomic E-state index is 12.9. The summed E-state index contributed by atoms with van der Waals surface area (Å²) in [5.41, 5.74) is 6.15. The number of hydrogen-bond acceptors (Lipinski definition) is 6. The largest absolute Gasteiger partial charge is 0.272 e. The first kappa shape index (κ1) is 19.8. The van der Waals surface area contributed by atoms with E-state index in [1.807, 2.05) is 36.4 Å². The van der Waals surface area contributed by atoms with Gasteiger partial charge in [-0.3, -0.25) is 19.9 Å². The highest BCUT2D eigenvalue weighted by molar-refractivity contribution is 6.07. The number of fused-ring (bicyclic) bond motifs is 1. The van der Waals surface area contributed by atoms with E-state index in [-0.39, 0.29) is 5.69 Å². The van der Waals surface area contributed by atoms with Crippen LogP contribution in [0.25, 0.3) is 22.2 Å². The van der Waals surface area contributed by atoms with Crippen LogP contribution < -0.4 is 5.43 Å². The molecule has 0 bridgehead atoms. The maximum atomic E-state index is 12.9. The fourth-order valence-electron chi connectivity index (χ4n) is 3.16. The van der Waals surface area contributed by atoms with Gasteiger partial charge in [-0.1, -0.05) is 30.3 Å². The lowest BCUT2D eigenvalue weighted by Gasteiger charge is -2.09. The predicted molar refractivity (Wildman–Crippen MR) is 118 cm³/mol. The molecule has 0 saturated heterocycles. The summed E-state index contributed by atoms with van der Waals surface area (Å²) in [5, 5.41) is 15.8. The smallest absolute Gasteiger partial charge is 0.267 e. The molecular formula is C23H17N5O3. The Morgan fingerprint density at radius 3 is 2.65 bits per heavy atom. The molecule has 8 nitrogen and oxygen atoms in total. The number of carbonyl (C=O) groups is 1. The molecule has 31 heavy (non-hydrogen) atoms. The van der Waals surface area contributed by atoms with Crippen molar-refractivity contribution in [2.45, 2.75) is 6.92 Å². The monoisotopic (exact) mass is 411 g/mol. The van der Waals surface area contributed by atoms with Gasteiger partial charge >= 0.3 is 0 Å². The van der Waals surface area contributed by atoms with Crippen molar-refractivity contribution in [3.8, 4) is 11.3 Å². The van der Waals surface area contributed by atoms with E-state index in [0.29, 0.717) is 33.3 Å². The highest BCUT2D eigenvalue weighted by atomic mass is 16.6. The summed E-state index contributed by atoms with van der Waals surface area (Å²) < 4.78 is 0. The van der Waals surface area contributed by atoms with Crippen LogP contribution in [-0.4, -0.2) is 27.0 Å². The predicted octanol–water partition coefficient (Wildman–Crippen LogP) is 4.28. The number of nitro benzene ring substituents is 1. The third-order valence-corrected chi connectivity index (χ3v) is 4.75. The molecule has 0 unspecified atom stereocenters. The first-order valence-corrected chi connectivity index (χ1v) is 9.41. The summed E-state index contributed by atoms with van der Waals surface area (Å²) in [4.78, 5) is 32.2. The molecule has 0 fully saturated rings. The molecular weight excluding hydrogens is 394 g/mol. The van der Waals surface area contributed by atoms with Crippen molar-refractivity contribution in [2.75, 3.05) is 0 Å². The fraction of sp³-hybridized carbons (Fsp3) is 0.0435. The van der Waals surface area contributed by atoms with Crippen LogP contribution in [0, 0.1) is 17.0 Å². The number of nitro groups is 1. The van der Waals surface area contributed by atoms with Gasteiger partial charge in [0, 0.05) is 40.5 Å². The SMILES string of the molecule is Cc1ccc(/C=N\NC(=O)c2cc(-c3ccncc3)nc3ccccc23)cc1[N+](=O)[O-]. The Bertz CT molecular complexity index is 1320. The zero-order valence-electron chi connectivity index (χ0n) is 16.5. The van der Waals surface area contributed by atoms with Crippen molar-refractivity contribution in [3.63, 3.8) is 0 Å². The van der Waals surface area contributed by atoms with E-state index in [9.17, 15) is 14.9 Å². The average Bonchev–Trinajstić information content (AvgIpc) is 2.79. The van der Waals surface area contributed by atoms with E-state index in [4.69, 9.17) is 0 Å². The number of amides is 1. The molecule has 2 aromatic heterocycles. The molecule has 0 aliphatic heterocycles. The van der Waals surface area contributed by atoms with Gasteiger partial charge in [-0.05, 0) is 31.2 Å². The Hall–Kier alpha value is -4.46. The number of hydrogen-bond donors (Lipinski definition) is 1. The zero-order valence-corrected chi connectivity index (χ0v) is 16.5. The number of aromatic nitrogens is 2. The molecule has 4 aromatic rings. The van der Waals surface area contributed by atoms with Crippen molar-refractivity contribution in [1.82, 2.24) is 15.4 Å². The van der Waals surface area contributed by atoms with Gasteiger partial charge in [0.15, 0.2) is 0 Å². The highest BCUT2D eigenvalue weighted by Crippen LogP contribution is 2.24. The maximum Gasteiger partial charge on any atom is 0.272 e. The standard InChI is InChI=1S/C23H17N5O3/c1-15-6-7-16(12-22(15)28(30)31)14-25-27-23(29)19-13-21(17-8-10-24-11-9-17)26-20-5-3-2-4-18(19)20/h2-14H,1H3,(H,27,29)/b25-14-. The molecule has 0 saturated carbocycles. The molecule has 8 heteroatoms. The first-order valence-electron chi connectivity index (χ1n) is 9.41. The van der Waals surface area contributed by atoms with Gasteiger partial charge in [-0.2, -0.15) is 5.10 Å². The Morgan fingerprint density at radius 2 is 1.87 bits per heavy atom. The molecule has 0 atom stereocenters. The second-order valence-electron chi connectivity index (χ2n) is 6.81. The quantitative estimate of drug-likeness (QED) is 0.299. The van der Waals surface area contributed by atoms with Crippen molar-refractivity contribution in [1.29, 1.82) is 0 Å². The van der Waals surface area contributed by atoms with Crippen LogP contribution in [0.5, 0.6) is 0 Å². The number of benzene rings is 2. The van der Waals surface area contributed by atoms with Crippen LogP contribution in [-0.2, 0) is 0 Å². The van der Waals surface area contributed by atoms with Crippen molar-refractivity contribution < 1.29 is 9.72 Å². The lowest BCUT2D eigenvalue weighted by atomic mass is 10.0. The van der Waals surface area contributed by atoms with E-state index in [1.165, 1.54) is 12.3 Å². The van der Waals surface area contributed by atoms with Gasteiger partial charge in [-0.15, -0.1) is 0 Å². The van der Waals surface area contributed by atoms with Crippen molar-refractivity contribution in [2.24, 2.45) is 5.10 Å². The normalized spacial score (nSPS) is 11.0. The van der Waals surface area contributed by atoms with Crippen LogP contribution in [0.3, 0.4) is 0 Å². The van der Waals surface area contributed by atoms with E-state index < -0.39 is 10.8 Å². The number of carbonyl (C=O) groups excluding carboxylic acids is 1. The number of nitrogens with one attached hydrogen (secondary N) is 1. The number of para-hydroxylation sites is 1. The molecule has 2 heterocycles. The van der Waals surface area contributed by atoms with Gasteiger partial charge in [0.05, 0.1) is 27.9 Å². The molecule has 0 spiro atoms. The molecule has 4 rings (SSSR count). The lowest BCUT2D eigenvalue weighted by Crippen LogP contribution is -2.18. The van der Waals surface area contributed by atoms with E-state index in [2.05, 4.69) is 20.5 Å². The van der Waals surface area contributed by atoms with Crippen LogP contribution >= 0.6 is 0 Å². The third kappa shape index (κ3) is 4.27. The minimum absolute atomic E-state index is 0.00241. The Balaban J connectivity index is 1.64. The third-order valence-electron chi connectivity index (χ3n) is 4.75. The summed E-state index contributed by atoms with van der Waals surface area (Å²) in [6.07, 6.45) is 4.70. The molecule has 1 amide bonds. The molecule has 152 valence electrons. The van der Waals surface area contributed by atoms with Crippen LogP contribution in [0.1, 0.15) is 21.5 Å². The van der Waals surface area contributed by atoms with E-state index in [1.54, 1.807) is 37.5 Å². The van der Waals surface area contributed by atoms with Crippen LogP contribution in [0.15, 0.2) is 78.2 Å². The number of aryl methyl sites for hydroxylation is 1. The van der Waals surface area contributed by atoms with Gasteiger partial charge in [0.25, 0.3) is 11.6 Å². The van der Waals surface area contributed by atoms with Crippen molar-refractivity contribution >= 4 is 28.7 Å². The molecule has 1 N–H and O–H groups in total. The second kappa shape index (κ2) is 8.50. The van der Waals surface area contributed by atoms with Crippen LogP contribution in [0.2, 0.25) is 0 Å². The highest BCUT2D eigenvalue weighted by Gasteiger charge is 2.14. The Morgan fingerprint density at radius 1 is 1.10 bits per heavy atom. The fourth-order valence-corrected chi connectivity index (χ4v) is 3.16. The Labute approximate surface area is 177 Å². The average molecular weight is 411 g/mol. The Kier molecular flexibility index (Phi) is 5.44. The number of rotatable bonds is 5. The minimum Gasteiger partial charge on any atom is -0.267 e. The van der Waals surface area contributed by atoms with Crippen molar-refractivity contribution in [3.05, 3.63) is 99.9 Å². The first-order chi connectivity index (χ1) is 15.0. The van der Waals surface area contributed by atoms with Gasteiger partial charge < -0.3 is 0 Å². The number of hydrazone groups is 1. The number of pyridine rings is 2. The summed E-state index contributed by atoms with van der Waals surface area (Å²) >= 11 is 0. The summed E-state index contributed by atoms with van der Waals surface area (Å²) in [5.74, 6) is -0.410. The molecule has 0 aliphatic carbocycles. The molecule has 0 aliphatic rings. The molecule has 2 aromatic carbocycles. The zero-order chi connectivity index (χ0) is 21.8. The topological polar surface area (TPSA) is 110 Å². The molecule has 0 radical (unpaired) electrons. The second-order valence-corrected chi connectivity index (χ2v) is 6.81. The van der Waals surface area contributed by atoms with Gasteiger partial charge in [0.1, 0.15) is 0 Å². The van der Waals surface area contributed by atoms with E-state index in [0.717, 1.165) is 5.56 Å². The summed E-state index contributed by atoms with van der Waals surface area (Å²) in [6, 6.07) is 17.4. The lowest BCUT2D eigenvalue weighted by molar-refractivity contribution is -0.385. The summed E-state index contributed by atoms with van der Waals surface area (Å²) in [6.45, 7) is 1.66. The number of nitrogens with zero attached hydrogens (tertiary/aromatic N) is 4. The minimum atomic E-state index is -0.449. The summed E-state index contributed by atoms with van der Waals surface area (Å²) in [7, 11) is 0.